The summed E-state index contributed by atoms with van der Waals surface area (Å²) in [5.74, 6) is -0.546. The Kier molecular flexibility index (Phi) is 8.53. The van der Waals surface area contributed by atoms with E-state index in [2.05, 4.69) is 9.97 Å². The molecule has 3 heterocycles. The molecule has 1 aliphatic rings. The zero-order valence-corrected chi connectivity index (χ0v) is 27.5. The molecule has 0 radical (unpaired) electrons. The number of rotatable bonds is 7. The van der Waals surface area contributed by atoms with E-state index in [1.54, 1.807) is 54.5 Å². The predicted molar refractivity (Wildman–Crippen MR) is 187 cm³/mol. The molecule has 5 aromatic rings. The lowest BCUT2D eigenvalue weighted by Crippen LogP contribution is -2.41. The molecule has 1 aliphatic heterocycles. The molecule has 8 nitrogen and oxygen atoms in total. The highest BCUT2D eigenvalue weighted by atomic mass is 16.7. The smallest absolute Gasteiger partial charge is 0.399 e. The number of anilines is 2. The summed E-state index contributed by atoms with van der Waals surface area (Å²) < 4.78 is 12.7. The fraction of sp³-hybridized carbons (Fsp3) is 0.211. The van der Waals surface area contributed by atoms with Crippen LogP contribution in [0.2, 0.25) is 0 Å². The van der Waals surface area contributed by atoms with E-state index in [4.69, 9.17) is 9.31 Å². The molecule has 47 heavy (non-hydrogen) atoms. The lowest BCUT2D eigenvalue weighted by atomic mass is 9.77. The predicted octanol–water partition coefficient (Wildman–Crippen LogP) is 6.66. The summed E-state index contributed by atoms with van der Waals surface area (Å²) in [6.45, 7) is 7.88. The van der Waals surface area contributed by atoms with Crippen molar-refractivity contribution in [3.63, 3.8) is 0 Å². The third-order valence-electron chi connectivity index (χ3n) is 9.01. The van der Waals surface area contributed by atoms with Gasteiger partial charge >= 0.3 is 7.12 Å². The van der Waals surface area contributed by atoms with Gasteiger partial charge in [-0.1, -0.05) is 36.4 Å². The van der Waals surface area contributed by atoms with Crippen molar-refractivity contribution in [1.29, 1.82) is 0 Å². The Balaban J connectivity index is 1.31. The van der Waals surface area contributed by atoms with Gasteiger partial charge in [-0.25, -0.2) is 0 Å². The standard InChI is InChI=1S/C38H37BN4O4/c1-37(2)38(3,4)47-39(46-37)30-24-28(35(44)42(5)31-17-13-26(14-18-31)33-11-7-9-21-40-33)23-29(25-30)36(45)43(6)32-19-15-27(16-20-32)34-12-8-10-22-41-34/h7-25H,1-6H3. The van der Waals surface area contributed by atoms with Gasteiger partial charge in [-0.15, -0.1) is 0 Å². The molecule has 3 aromatic carbocycles. The van der Waals surface area contributed by atoms with Crippen molar-refractivity contribution in [3.05, 3.63) is 127 Å². The minimum absolute atomic E-state index is 0.273. The average molecular weight is 625 g/mol. The minimum atomic E-state index is -0.759. The van der Waals surface area contributed by atoms with Crippen LogP contribution in [0, 0.1) is 0 Å². The van der Waals surface area contributed by atoms with Gasteiger partial charge in [0.2, 0.25) is 0 Å². The topological polar surface area (TPSA) is 84.9 Å². The van der Waals surface area contributed by atoms with Crippen LogP contribution in [0.5, 0.6) is 0 Å². The van der Waals surface area contributed by atoms with Crippen LogP contribution in [-0.2, 0) is 9.31 Å². The van der Waals surface area contributed by atoms with E-state index in [0.717, 1.165) is 22.5 Å². The van der Waals surface area contributed by atoms with Crippen molar-refractivity contribution in [3.8, 4) is 22.5 Å². The molecule has 0 saturated carbocycles. The van der Waals surface area contributed by atoms with Gasteiger partial charge in [-0.05, 0) is 99.9 Å². The van der Waals surface area contributed by atoms with Crippen LogP contribution >= 0.6 is 0 Å². The molecule has 6 rings (SSSR count). The Morgan fingerprint density at radius 2 is 1.00 bits per heavy atom. The van der Waals surface area contributed by atoms with E-state index in [0.29, 0.717) is 28.0 Å². The van der Waals surface area contributed by atoms with Crippen molar-refractivity contribution in [1.82, 2.24) is 9.97 Å². The second-order valence-corrected chi connectivity index (χ2v) is 12.7. The first kappa shape index (κ1) is 31.9. The lowest BCUT2D eigenvalue weighted by Gasteiger charge is -2.32. The molecule has 0 spiro atoms. The first-order valence-electron chi connectivity index (χ1n) is 15.5. The van der Waals surface area contributed by atoms with Gasteiger partial charge in [0.1, 0.15) is 0 Å². The largest absolute Gasteiger partial charge is 0.494 e. The zero-order valence-electron chi connectivity index (χ0n) is 27.5. The van der Waals surface area contributed by atoms with Gasteiger partial charge in [0, 0.05) is 60.1 Å². The molecule has 0 atom stereocenters. The molecule has 0 bridgehead atoms. The van der Waals surface area contributed by atoms with Crippen molar-refractivity contribution in [2.75, 3.05) is 23.9 Å². The van der Waals surface area contributed by atoms with E-state index in [1.165, 1.54) is 0 Å². The summed E-state index contributed by atoms with van der Waals surface area (Å²) in [7, 11) is 2.68. The van der Waals surface area contributed by atoms with Crippen LogP contribution in [0.15, 0.2) is 116 Å². The lowest BCUT2D eigenvalue weighted by molar-refractivity contribution is 0.00578. The first-order valence-corrected chi connectivity index (χ1v) is 15.5. The molecule has 2 aromatic heterocycles. The Morgan fingerprint density at radius 1 is 0.596 bits per heavy atom. The summed E-state index contributed by atoms with van der Waals surface area (Å²) in [5.41, 5.74) is 5.08. The van der Waals surface area contributed by atoms with Gasteiger partial charge in [0.05, 0.1) is 22.6 Å². The summed E-state index contributed by atoms with van der Waals surface area (Å²) in [4.78, 5) is 40.0. The molecule has 1 saturated heterocycles. The normalized spacial score (nSPS) is 14.9. The fourth-order valence-electron chi connectivity index (χ4n) is 5.41. The average Bonchev–Trinajstić information content (AvgIpc) is 3.33. The quantitative estimate of drug-likeness (QED) is 0.188. The van der Waals surface area contributed by atoms with E-state index < -0.39 is 18.3 Å². The third kappa shape index (κ3) is 6.45. The second kappa shape index (κ2) is 12.6. The van der Waals surface area contributed by atoms with E-state index in [9.17, 15) is 9.59 Å². The van der Waals surface area contributed by atoms with Crippen LogP contribution in [0.4, 0.5) is 11.4 Å². The monoisotopic (exact) mass is 624 g/mol. The molecular formula is C38H37BN4O4. The number of hydrogen-bond donors (Lipinski definition) is 0. The highest BCUT2D eigenvalue weighted by Gasteiger charge is 2.52. The number of nitrogens with zero attached hydrogens (tertiary/aromatic N) is 4. The zero-order chi connectivity index (χ0) is 33.3. The highest BCUT2D eigenvalue weighted by Crippen LogP contribution is 2.37. The summed E-state index contributed by atoms with van der Waals surface area (Å²) in [5, 5.41) is 0. The van der Waals surface area contributed by atoms with E-state index in [1.807, 2.05) is 113 Å². The molecule has 1 fully saturated rings. The Labute approximate surface area is 276 Å². The van der Waals surface area contributed by atoms with Crippen LogP contribution in [-0.4, -0.2) is 54.2 Å². The number of benzene rings is 3. The Hall–Kier alpha value is -5.12. The Bertz CT molecular complexity index is 1760. The van der Waals surface area contributed by atoms with E-state index in [-0.39, 0.29) is 11.8 Å². The number of hydrogen-bond acceptors (Lipinski definition) is 6. The summed E-state index contributed by atoms with van der Waals surface area (Å²) in [6.07, 6.45) is 3.50. The molecule has 0 unspecified atom stereocenters. The number of amides is 2. The maximum atomic E-state index is 14.0. The van der Waals surface area contributed by atoms with Gasteiger partial charge < -0.3 is 19.1 Å². The van der Waals surface area contributed by atoms with Crippen molar-refractivity contribution < 1.29 is 18.9 Å². The summed E-state index contributed by atoms with van der Waals surface area (Å²) in [6, 6.07) is 31.9. The summed E-state index contributed by atoms with van der Waals surface area (Å²) >= 11 is 0. The molecule has 0 N–H and O–H groups in total. The van der Waals surface area contributed by atoms with Gasteiger partial charge in [0.15, 0.2) is 0 Å². The maximum absolute atomic E-state index is 14.0. The van der Waals surface area contributed by atoms with Crippen molar-refractivity contribution in [2.45, 2.75) is 38.9 Å². The van der Waals surface area contributed by atoms with Gasteiger partial charge in [0.25, 0.3) is 11.8 Å². The molecule has 9 heteroatoms. The second-order valence-electron chi connectivity index (χ2n) is 12.7. The molecule has 2 amide bonds. The maximum Gasteiger partial charge on any atom is 0.494 e. The Morgan fingerprint density at radius 3 is 1.36 bits per heavy atom. The third-order valence-corrected chi connectivity index (χ3v) is 9.01. The highest BCUT2D eigenvalue weighted by molar-refractivity contribution is 6.62. The number of carbonyl (C=O) groups is 2. The van der Waals surface area contributed by atoms with E-state index >= 15 is 0 Å². The van der Waals surface area contributed by atoms with Crippen LogP contribution < -0.4 is 15.3 Å². The van der Waals surface area contributed by atoms with Gasteiger partial charge in [-0.3, -0.25) is 19.6 Å². The number of carbonyl (C=O) groups excluding carboxylic acids is 2. The van der Waals surface area contributed by atoms with Crippen molar-refractivity contribution in [2.24, 2.45) is 0 Å². The van der Waals surface area contributed by atoms with Crippen molar-refractivity contribution >= 4 is 35.8 Å². The number of pyridine rings is 2. The fourth-order valence-corrected chi connectivity index (χ4v) is 5.41. The first-order chi connectivity index (χ1) is 22.4. The molecule has 236 valence electrons. The molecule has 0 aliphatic carbocycles. The van der Waals surface area contributed by atoms with Gasteiger partial charge in [-0.2, -0.15) is 0 Å². The SMILES string of the molecule is CN(C(=O)c1cc(B2OC(C)(C)C(C)(C)O2)cc(C(=O)N(C)c2ccc(-c3ccccn3)cc2)c1)c1ccc(-c2ccccn2)cc1. The van der Waals surface area contributed by atoms with Crippen LogP contribution in [0.1, 0.15) is 48.4 Å². The van der Waals surface area contributed by atoms with Crippen LogP contribution in [0.3, 0.4) is 0 Å². The van der Waals surface area contributed by atoms with Crippen LogP contribution in [0.25, 0.3) is 22.5 Å². The number of aromatic nitrogens is 2. The minimum Gasteiger partial charge on any atom is -0.399 e. The molecular weight excluding hydrogens is 587 g/mol.